The summed E-state index contributed by atoms with van der Waals surface area (Å²) in [5.41, 5.74) is 1.00. The van der Waals surface area contributed by atoms with Gasteiger partial charge < -0.3 is 5.32 Å². The molecule has 6 heteroatoms. The fourth-order valence-electron chi connectivity index (χ4n) is 3.33. The van der Waals surface area contributed by atoms with Gasteiger partial charge in [0.25, 0.3) is 5.91 Å². The number of carbonyl (C=O) groups excluding carboxylic acids is 1. The predicted molar refractivity (Wildman–Crippen MR) is 87.3 cm³/mol. The molecule has 1 atom stereocenters. The molecule has 0 saturated heterocycles. The molecule has 1 fully saturated rings. The Balaban J connectivity index is 1.70. The first-order chi connectivity index (χ1) is 11.0. The minimum Gasteiger partial charge on any atom is -0.349 e. The van der Waals surface area contributed by atoms with Crippen LogP contribution in [0.25, 0.3) is 0 Å². The molecule has 1 aliphatic carbocycles. The maximum Gasteiger partial charge on any atom is 0.343 e. The molecule has 1 amide bonds. The number of nitrogens with one attached hydrogen (secondary N) is 2. The number of rotatable bonds is 5. The SMILES string of the molecule is C[C@@H](c1ccccc1)C1(CNC(=O)c2nn(C)c(=O)[nH]2)CCC1. The third kappa shape index (κ3) is 2.93. The van der Waals surface area contributed by atoms with Gasteiger partial charge in [0, 0.05) is 13.6 Å². The molecule has 1 aliphatic rings. The number of carbonyl (C=O) groups is 1. The van der Waals surface area contributed by atoms with Crippen LogP contribution < -0.4 is 11.0 Å². The van der Waals surface area contributed by atoms with Gasteiger partial charge in [-0.3, -0.25) is 9.78 Å². The van der Waals surface area contributed by atoms with Gasteiger partial charge in [-0.15, -0.1) is 5.10 Å². The van der Waals surface area contributed by atoms with Crippen LogP contribution in [-0.2, 0) is 7.05 Å². The fraction of sp³-hybridized carbons (Fsp3) is 0.471. The van der Waals surface area contributed by atoms with Crippen LogP contribution >= 0.6 is 0 Å². The first kappa shape index (κ1) is 15.5. The largest absolute Gasteiger partial charge is 0.349 e. The first-order valence-corrected chi connectivity index (χ1v) is 7.98. The summed E-state index contributed by atoms with van der Waals surface area (Å²) in [7, 11) is 1.51. The van der Waals surface area contributed by atoms with E-state index in [1.807, 2.05) is 6.07 Å². The zero-order valence-corrected chi connectivity index (χ0v) is 13.5. The lowest BCUT2D eigenvalue weighted by Crippen LogP contribution is -2.45. The first-order valence-electron chi connectivity index (χ1n) is 7.98. The Labute approximate surface area is 134 Å². The van der Waals surface area contributed by atoms with Gasteiger partial charge in [0.15, 0.2) is 0 Å². The van der Waals surface area contributed by atoms with E-state index in [0.29, 0.717) is 12.5 Å². The molecule has 1 saturated carbocycles. The molecular formula is C17H22N4O2. The molecule has 0 radical (unpaired) electrons. The summed E-state index contributed by atoms with van der Waals surface area (Å²) < 4.78 is 1.13. The highest BCUT2D eigenvalue weighted by Crippen LogP contribution is 2.50. The van der Waals surface area contributed by atoms with Gasteiger partial charge in [-0.05, 0) is 29.7 Å². The van der Waals surface area contributed by atoms with Crippen molar-refractivity contribution >= 4 is 5.91 Å². The van der Waals surface area contributed by atoms with E-state index in [4.69, 9.17) is 0 Å². The van der Waals surface area contributed by atoms with Gasteiger partial charge in [0.05, 0.1) is 0 Å². The molecule has 6 nitrogen and oxygen atoms in total. The number of hydrogen-bond acceptors (Lipinski definition) is 3. The van der Waals surface area contributed by atoms with Crippen LogP contribution in [0.5, 0.6) is 0 Å². The van der Waals surface area contributed by atoms with Crippen LogP contribution in [0.2, 0.25) is 0 Å². The number of aromatic amines is 1. The summed E-state index contributed by atoms with van der Waals surface area (Å²) in [5.74, 6) is 0.120. The van der Waals surface area contributed by atoms with Gasteiger partial charge in [-0.25, -0.2) is 9.48 Å². The molecule has 0 spiro atoms. The number of benzene rings is 1. The Kier molecular flexibility index (Phi) is 4.07. The third-order valence-corrected chi connectivity index (χ3v) is 5.15. The van der Waals surface area contributed by atoms with Crippen molar-refractivity contribution in [3.05, 3.63) is 52.2 Å². The second-order valence-electron chi connectivity index (χ2n) is 6.43. The fourth-order valence-corrected chi connectivity index (χ4v) is 3.33. The number of hydrogen-bond donors (Lipinski definition) is 2. The summed E-state index contributed by atoms with van der Waals surface area (Å²) in [6, 6.07) is 10.4. The van der Waals surface area contributed by atoms with E-state index in [9.17, 15) is 9.59 Å². The van der Waals surface area contributed by atoms with Crippen molar-refractivity contribution in [3.63, 3.8) is 0 Å². The van der Waals surface area contributed by atoms with Gasteiger partial charge in [0.2, 0.25) is 5.82 Å². The number of H-pyrrole nitrogens is 1. The van der Waals surface area contributed by atoms with Crippen molar-refractivity contribution in [2.24, 2.45) is 12.5 Å². The lowest BCUT2D eigenvalue weighted by atomic mass is 9.60. The van der Waals surface area contributed by atoms with Crippen LogP contribution in [0, 0.1) is 5.41 Å². The Bertz CT molecular complexity index is 743. The van der Waals surface area contributed by atoms with E-state index >= 15 is 0 Å². The van der Waals surface area contributed by atoms with Crippen molar-refractivity contribution in [3.8, 4) is 0 Å². The lowest BCUT2D eigenvalue weighted by molar-refractivity contribution is 0.0768. The molecule has 0 unspecified atom stereocenters. The maximum absolute atomic E-state index is 12.2. The topological polar surface area (TPSA) is 79.8 Å². The number of amides is 1. The van der Waals surface area contributed by atoms with Crippen molar-refractivity contribution in [2.45, 2.75) is 32.1 Å². The minimum absolute atomic E-state index is 0.0688. The number of aryl methyl sites for hydroxylation is 1. The maximum atomic E-state index is 12.2. The van der Waals surface area contributed by atoms with Crippen LogP contribution in [0.1, 0.15) is 48.3 Å². The highest BCUT2D eigenvalue weighted by Gasteiger charge is 2.42. The standard InChI is InChI=1S/C17H22N4O2/c1-12(13-7-4-3-5-8-13)17(9-6-10-17)11-18-15(22)14-19-16(23)21(2)20-14/h3-5,7-8,12H,6,9-11H2,1-2H3,(H,18,22)(H,19,20,23)/t12-/m0/s1. The molecule has 2 aromatic rings. The number of nitrogens with zero attached hydrogens (tertiary/aromatic N) is 2. The average Bonchev–Trinajstić information content (AvgIpc) is 2.86. The van der Waals surface area contributed by atoms with Gasteiger partial charge in [-0.1, -0.05) is 43.7 Å². The average molecular weight is 314 g/mol. The summed E-state index contributed by atoms with van der Waals surface area (Å²) in [6.07, 6.45) is 3.39. The van der Waals surface area contributed by atoms with E-state index in [-0.39, 0.29) is 22.8 Å². The zero-order chi connectivity index (χ0) is 16.4. The normalized spacial score (nSPS) is 17.3. The van der Waals surface area contributed by atoms with Gasteiger partial charge >= 0.3 is 5.69 Å². The molecule has 2 N–H and O–H groups in total. The molecule has 1 aromatic carbocycles. The summed E-state index contributed by atoms with van der Waals surface area (Å²) in [4.78, 5) is 26.0. The van der Waals surface area contributed by atoms with Crippen molar-refractivity contribution < 1.29 is 4.79 Å². The molecule has 3 rings (SSSR count). The molecule has 122 valence electrons. The smallest absolute Gasteiger partial charge is 0.343 e. The molecule has 1 heterocycles. The Morgan fingerprint density at radius 3 is 2.61 bits per heavy atom. The van der Waals surface area contributed by atoms with Crippen LogP contribution in [0.3, 0.4) is 0 Å². The van der Waals surface area contributed by atoms with Crippen molar-refractivity contribution in [1.29, 1.82) is 0 Å². The lowest BCUT2D eigenvalue weighted by Gasteiger charge is -2.47. The van der Waals surface area contributed by atoms with Gasteiger partial charge in [-0.2, -0.15) is 0 Å². The highest BCUT2D eigenvalue weighted by atomic mass is 16.2. The molecule has 23 heavy (non-hydrogen) atoms. The zero-order valence-electron chi connectivity index (χ0n) is 13.5. The molecule has 1 aromatic heterocycles. The minimum atomic E-state index is -0.383. The molecular weight excluding hydrogens is 292 g/mol. The Morgan fingerprint density at radius 2 is 2.09 bits per heavy atom. The van der Waals surface area contributed by atoms with Crippen LogP contribution in [0.4, 0.5) is 0 Å². The second kappa shape index (κ2) is 6.02. The summed E-state index contributed by atoms with van der Waals surface area (Å²) in [5, 5.41) is 6.84. The molecule has 0 aliphatic heterocycles. The Morgan fingerprint density at radius 1 is 1.39 bits per heavy atom. The summed E-state index contributed by atoms with van der Waals surface area (Å²) in [6.45, 7) is 2.82. The predicted octanol–water partition coefficient (Wildman–Crippen LogP) is 1.81. The number of aromatic nitrogens is 3. The van der Waals surface area contributed by atoms with Gasteiger partial charge in [0.1, 0.15) is 0 Å². The highest BCUT2D eigenvalue weighted by molar-refractivity contribution is 5.90. The van der Waals surface area contributed by atoms with Crippen molar-refractivity contribution in [1.82, 2.24) is 20.1 Å². The Hall–Kier alpha value is -2.37. The van der Waals surface area contributed by atoms with E-state index in [1.165, 1.54) is 19.0 Å². The van der Waals surface area contributed by atoms with E-state index in [0.717, 1.165) is 17.5 Å². The third-order valence-electron chi connectivity index (χ3n) is 5.15. The van der Waals surface area contributed by atoms with E-state index in [1.54, 1.807) is 0 Å². The van der Waals surface area contributed by atoms with Crippen molar-refractivity contribution in [2.75, 3.05) is 6.54 Å². The van der Waals surface area contributed by atoms with Crippen LogP contribution in [-0.4, -0.2) is 27.2 Å². The molecule has 0 bridgehead atoms. The summed E-state index contributed by atoms with van der Waals surface area (Å²) >= 11 is 0. The quantitative estimate of drug-likeness (QED) is 0.883. The van der Waals surface area contributed by atoms with Crippen LogP contribution in [0.15, 0.2) is 35.1 Å². The monoisotopic (exact) mass is 314 g/mol. The second-order valence-corrected chi connectivity index (χ2v) is 6.43. The van der Waals surface area contributed by atoms with E-state index < -0.39 is 0 Å². The van der Waals surface area contributed by atoms with E-state index in [2.05, 4.69) is 46.6 Å².